The lowest BCUT2D eigenvalue weighted by molar-refractivity contribution is 0.349. The maximum Gasteiger partial charge on any atom is 0.243 e. The van der Waals surface area contributed by atoms with Gasteiger partial charge in [0.1, 0.15) is 0 Å². The van der Waals surface area contributed by atoms with Crippen molar-refractivity contribution in [3.63, 3.8) is 0 Å². The molecule has 1 atom stereocenters. The highest BCUT2D eigenvalue weighted by Crippen LogP contribution is 2.17. The van der Waals surface area contributed by atoms with Gasteiger partial charge in [-0.1, -0.05) is 25.9 Å². The van der Waals surface area contributed by atoms with Crippen LogP contribution in [0.2, 0.25) is 0 Å². The van der Waals surface area contributed by atoms with Gasteiger partial charge in [0.05, 0.1) is 11.8 Å². The summed E-state index contributed by atoms with van der Waals surface area (Å²) in [6.45, 7) is 6.28. The van der Waals surface area contributed by atoms with Crippen molar-refractivity contribution in [1.82, 2.24) is 10.1 Å². The van der Waals surface area contributed by atoms with Crippen LogP contribution in [0, 0.1) is 0 Å². The van der Waals surface area contributed by atoms with E-state index in [1.807, 2.05) is 6.92 Å². The van der Waals surface area contributed by atoms with Crippen LogP contribution in [-0.4, -0.2) is 15.4 Å². The normalized spacial score (nSPS) is 13.5. The molecule has 2 N–H and O–H groups in total. The molecule has 1 aromatic heterocycles. The van der Waals surface area contributed by atoms with Crippen molar-refractivity contribution < 1.29 is 4.52 Å². The Morgan fingerprint density at radius 2 is 2.21 bits per heavy atom. The van der Waals surface area contributed by atoms with Crippen LogP contribution in [-0.2, 0) is 5.75 Å². The second-order valence-electron chi connectivity index (χ2n) is 3.42. The number of nitrogens with two attached hydrogens (primary N) is 1. The van der Waals surface area contributed by atoms with Gasteiger partial charge < -0.3 is 10.3 Å². The van der Waals surface area contributed by atoms with Crippen molar-refractivity contribution in [1.29, 1.82) is 0 Å². The number of hydrogen-bond donors (Lipinski definition) is 1. The number of rotatable bonds is 5. The maximum atomic E-state index is 5.76. The Morgan fingerprint density at radius 3 is 2.79 bits per heavy atom. The van der Waals surface area contributed by atoms with Gasteiger partial charge in [-0.15, -0.1) is 0 Å². The quantitative estimate of drug-likeness (QED) is 0.815. The fourth-order valence-corrected chi connectivity index (χ4v) is 1.49. The summed E-state index contributed by atoms with van der Waals surface area (Å²) >= 11 is 1.79. The molecular formula is C9H17N3OS. The summed E-state index contributed by atoms with van der Waals surface area (Å²) in [5.41, 5.74) is 5.76. The molecule has 5 heteroatoms. The molecule has 0 saturated heterocycles. The molecule has 0 aliphatic rings. The minimum atomic E-state index is -0.125. The van der Waals surface area contributed by atoms with Crippen molar-refractivity contribution in [2.24, 2.45) is 5.73 Å². The van der Waals surface area contributed by atoms with E-state index >= 15 is 0 Å². The highest BCUT2D eigenvalue weighted by molar-refractivity contribution is 7.99. The monoisotopic (exact) mass is 215 g/mol. The summed E-state index contributed by atoms with van der Waals surface area (Å²) in [7, 11) is 0. The number of hydrogen-bond acceptors (Lipinski definition) is 5. The van der Waals surface area contributed by atoms with Crippen LogP contribution in [0.3, 0.4) is 0 Å². The molecule has 0 bridgehead atoms. The Labute approximate surface area is 88.6 Å². The third-order valence-electron chi connectivity index (χ3n) is 1.79. The fourth-order valence-electron chi connectivity index (χ4n) is 0.893. The van der Waals surface area contributed by atoms with E-state index in [-0.39, 0.29) is 6.04 Å². The zero-order chi connectivity index (χ0) is 10.6. The molecule has 80 valence electrons. The first-order valence-corrected chi connectivity index (χ1v) is 5.88. The number of aromatic nitrogens is 2. The molecule has 0 unspecified atom stereocenters. The average Bonchev–Trinajstić information content (AvgIpc) is 2.62. The summed E-state index contributed by atoms with van der Waals surface area (Å²) in [5.74, 6) is 2.08. The van der Waals surface area contributed by atoms with Crippen LogP contribution in [0.15, 0.2) is 4.52 Å². The lowest BCUT2D eigenvalue weighted by Gasteiger charge is -2.00. The molecule has 0 radical (unpaired) electrons. The first-order valence-electron chi connectivity index (χ1n) is 4.83. The van der Waals surface area contributed by atoms with E-state index in [4.69, 9.17) is 10.3 Å². The third-order valence-corrected chi connectivity index (χ3v) is 2.88. The van der Waals surface area contributed by atoms with Gasteiger partial charge in [-0.25, -0.2) is 0 Å². The van der Waals surface area contributed by atoms with E-state index in [0.29, 0.717) is 11.1 Å². The minimum absolute atomic E-state index is 0.125. The molecule has 14 heavy (non-hydrogen) atoms. The van der Waals surface area contributed by atoms with E-state index < -0.39 is 0 Å². The number of nitrogens with zero attached hydrogens (tertiary/aromatic N) is 2. The lowest BCUT2D eigenvalue weighted by atomic mass is 10.2. The second-order valence-corrected chi connectivity index (χ2v) is 4.99. The molecule has 0 aliphatic carbocycles. The maximum absolute atomic E-state index is 5.76. The van der Waals surface area contributed by atoms with Crippen LogP contribution >= 0.6 is 11.8 Å². The van der Waals surface area contributed by atoms with Crippen molar-refractivity contribution in [3.8, 4) is 0 Å². The van der Waals surface area contributed by atoms with Crippen LogP contribution in [0.5, 0.6) is 0 Å². The number of thioether (sulfide) groups is 1. The van der Waals surface area contributed by atoms with Crippen molar-refractivity contribution in [2.45, 2.75) is 44.2 Å². The van der Waals surface area contributed by atoms with E-state index in [1.54, 1.807) is 11.8 Å². The zero-order valence-corrected chi connectivity index (χ0v) is 9.67. The van der Waals surface area contributed by atoms with Crippen molar-refractivity contribution in [3.05, 3.63) is 11.7 Å². The van der Waals surface area contributed by atoms with Gasteiger partial charge in [0, 0.05) is 0 Å². The first-order chi connectivity index (χ1) is 6.63. The van der Waals surface area contributed by atoms with E-state index in [2.05, 4.69) is 24.0 Å². The van der Waals surface area contributed by atoms with Gasteiger partial charge >= 0.3 is 0 Å². The average molecular weight is 215 g/mol. The molecule has 4 nitrogen and oxygen atoms in total. The Kier molecular flexibility index (Phi) is 4.41. The summed E-state index contributed by atoms with van der Waals surface area (Å²) in [6, 6.07) is -0.125. The van der Waals surface area contributed by atoms with Crippen LogP contribution in [0.1, 0.15) is 44.9 Å². The Hall–Kier alpha value is -0.550. The van der Waals surface area contributed by atoms with E-state index in [9.17, 15) is 0 Å². The van der Waals surface area contributed by atoms with Gasteiger partial charge in [0.2, 0.25) is 5.89 Å². The van der Waals surface area contributed by atoms with Gasteiger partial charge in [-0.3, -0.25) is 0 Å². The fraction of sp³-hybridized carbons (Fsp3) is 0.778. The van der Waals surface area contributed by atoms with Crippen molar-refractivity contribution in [2.75, 3.05) is 0 Å². The van der Waals surface area contributed by atoms with Gasteiger partial charge in [0.15, 0.2) is 5.82 Å². The molecule has 1 rings (SSSR count). The molecule has 0 fully saturated rings. The van der Waals surface area contributed by atoms with Crippen molar-refractivity contribution >= 4 is 11.8 Å². The molecule has 0 spiro atoms. The van der Waals surface area contributed by atoms with E-state index in [1.165, 1.54) is 0 Å². The summed E-state index contributed by atoms with van der Waals surface area (Å²) in [5, 5.41) is 4.45. The van der Waals surface area contributed by atoms with Gasteiger partial charge in [-0.2, -0.15) is 16.7 Å². The predicted molar refractivity (Wildman–Crippen MR) is 57.9 cm³/mol. The lowest BCUT2D eigenvalue weighted by Crippen LogP contribution is -2.08. The largest absolute Gasteiger partial charge is 0.338 e. The summed E-state index contributed by atoms with van der Waals surface area (Å²) in [6.07, 6.45) is 0.818. The van der Waals surface area contributed by atoms with Crippen LogP contribution in [0.4, 0.5) is 0 Å². The Bertz CT molecular complexity index is 275. The zero-order valence-electron chi connectivity index (χ0n) is 8.86. The smallest absolute Gasteiger partial charge is 0.243 e. The molecule has 0 aliphatic heterocycles. The predicted octanol–water partition coefficient (Wildman–Crippen LogP) is 2.12. The van der Waals surface area contributed by atoms with Gasteiger partial charge in [0.25, 0.3) is 0 Å². The Morgan fingerprint density at radius 1 is 1.50 bits per heavy atom. The molecular weight excluding hydrogens is 198 g/mol. The first kappa shape index (κ1) is 11.5. The van der Waals surface area contributed by atoms with Gasteiger partial charge in [-0.05, 0) is 11.7 Å². The van der Waals surface area contributed by atoms with Crippen LogP contribution < -0.4 is 5.73 Å². The third kappa shape index (κ3) is 3.31. The molecule has 1 heterocycles. The molecule has 0 amide bonds. The van der Waals surface area contributed by atoms with Crippen LogP contribution in [0.25, 0.3) is 0 Å². The highest BCUT2D eigenvalue weighted by atomic mass is 32.2. The standard InChI is InChI=1S/C9H17N3OS/c1-4-7(10)9-11-8(12-13-9)5-14-6(2)3/h6-7H,4-5,10H2,1-3H3/t7-/m1/s1. The highest BCUT2D eigenvalue weighted by Gasteiger charge is 2.12. The topological polar surface area (TPSA) is 64.9 Å². The molecule has 0 saturated carbocycles. The minimum Gasteiger partial charge on any atom is -0.338 e. The summed E-state index contributed by atoms with van der Waals surface area (Å²) < 4.78 is 5.05. The Balaban J connectivity index is 2.50. The molecule has 1 aromatic rings. The SMILES string of the molecule is CC[C@@H](N)c1nc(CSC(C)C)no1. The molecule has 0 aromatic carbocycles. The van der Waals surface area contributed by atoms with E-state index in [0.717, 1.165) is 18.0 Å². The second kappa shape index (κ2) is 5.36. The summed E-state index contributed by atoms with van der Waals surface area (Å²) in [4.78, 5) is 4.23.